The van der Waals surface area contributed by atoms with Crippen LogP contribution in [0.15, 0.2) is 12.4 Å². The Morgan fingerprint density at radius 1 is 1.50 bits per heavy atom. The smallest absolute Gasteiger partial charge is 0.163 e. The molecule has 10 heavy (non-hydrogen) atoms. The second-order valence-electron chi connectivity index (χ2n) is 2.00. The number of aromatic hydroxyl groups is 1. The number of hydrogen-bond donors (Lipinski definition) is 1. The van der Waals surface area contributed by atoms with Crippen molar-refractivity contribution in [3.05, 3.63) is 17.9 Å². The molecule has 0 spiro atoms. The van der Waals surface area contributed by atoms with Gasteiger partial charge in [-0.3, -0.25) is 0 Å². The molecule has 0 atom stereocenters. The van der Waals surface area contributed by atoms with Crippen LogP contribution >= 0.6 is 0 Å². The quantitative estimate of drug-likeness (QED) is 0.533. The molecule has 0 fully saturated rings. The maximum absolute atomic E-state index is 9.07. The highest BCUT2D eigenvalue weighted by Gasteiger charge is 2.01. The number of fused-ring (bicyclic) bond motifs is 1. The summed E-state index contributed by atoms with van der Waals surface area (Å²) in [7, 11) is 0. The number of rotatable bonds is 0. The van der Waals surface area contributed by atoms with Crippen molar-refractivity contribution in [3.63, 3.8) is 0 Å². The van der Waals surface area contributed by atoms with Gasteiger partial charge in [0.05, 0.1) is 12.4 Å². The van der Waals surface area contributed by atoms with Crippen LogP contribution in [0.25, 0.3) is 12.1 Å². The van der Waals surface area contributed by atoms with Crippen molar-refractivity contribution in [1.29, 1.82) is 0 Å². The van der Waals surface area contributed by atoms with E-state index in [1.165, 1.54) is 16.9 Å². The summed E-state index contributed by atoms with van der Waals surface area (Å²) in [5.74, 6) is 0.141. The summed E-state index contributed by atoms with van der Waals surface area (Å²) in [6.45, 7) is 3.60. The third kappa shape index (κ3) is 0.452. The Labute approximate surface area is 56.4 Å². The van der Waals surface area contributed by atoms with E-state index < -0.39 is 0 Å². The third-order valence-corrected chi connectivity index (χ3v) is 1.37. The van der Waals surface area contributed by atoms with Gasteiger partial charge in [-0.05, 0) is 0 Å². The van der Waals surface area contributed by atoms with Gasteiger partial charge in [-0.25, -0.2) is 9.50 Å². The molecule has 4 heteroatoms. The average Bonchev–Trinajstić information content (AvgIpc) is 2.41. The van der Waals surface area contributed by atoms with E-state index in [9.17, 15) is 0 Å². The Morgan fingerprint density at radius 2 is 2.30 bits per heavy atom. The van der Waals surface area contributed by atoms with Crippen molar-refractivity contribution in [2.75, 3.05) is 0 Å². The van der Waals surface area contributed by atoms with Crippen molar-refractivity contribution in [2.45, 2.75) is 0 Å². The summed E-state index contributed by atoms with van der Waals surface area (Å²) in [6, 6.07) is 0. The Kier molecular flexibility index (Phi) is 0.768. The Bertz CT molecular complexity index is 406. The second kappa shape index (κ2) is 1.47. The van der Waals surface area contributed by atoms with Crippen LogP contribution in [0.1, 0.15) is 0 Å². The van der Waals surface area contributed by atoms with Crippen LogP contribution in [0.4, 0.5) is 0 Å². The molecule has 1 N–H and O–H groups in total. The van der Waals surface area contributed by atoms with E-state index in [4.69, 9.17) is 5.11 Å². The van der Waals surface area contributed by atoms with E-state index in [-0.39, 0.29) is 5.75 Å². The number of hydrogen-bond acceptors (Lipinski definition) is 3. The van der Waals surface area contributed by atoms with E-state index in [0.717, 1.165) is 0 Å². The molecule has 0 amide bonds. The molecule has 0 aliphatic carbocycles. The molecule has 0 saturated heterocycles. The molecule has 0 radical (unpaired) electrons. The SMILES string of the molecule is C=c1ncc2c(O)cnn12. The summed E-state index contributed by atoms with van der Waals surface area (Å²) in [4.78, 5) is 3.85. The Hall–Kier alpha value is -1.58. The van der Waals surface area contributed by atoms with Crippen LogP contribution in [-0.2, 0) is 0 Å². The fourth-order valence-electron chi connectivity index (χ4n) is 0.866. The van der Waals surface area contributed by atoms with Crippen molar-refractivity contribution in [2.24, 2.45) is 0 Å². The molecule has 0 aliphatic heterocycles. The van der Waals surface area contributed by atoms with Crippen LogP contribution in [0, 0.1) is 0 Å². The molecule has 0 unspecified atom stereocenters. The molecule has 0 aliphatic rings. The van der Waals surface area contributed by atoms with Crippen molar-refractivity contribution < 1.29 is 5.11 Å². The molecule has 0 aromatic carbocycles. The van der Waals surface area contributed by atoms with Crippen LogP contribution in [0.3, 0.4) is 0 Å². The van der Waals surface area contributed by atoms with Gasteiger partial charge in [-0.15, -0.1) is 0 Å². The van der Waals surface area contributed by atoms with Crippen LogP contribution < -0.4 is 5.48 Å². The van der Waals surface area contributed by atoms with E-state index in [1.54, 1.807) is 0 Å². The lowest BCUT2D eigenvalue weighted by atomic mass is 10.5. The zero-order valence-corrected chi connectivity index (χ0v) is 5.15. The second-order valence-corrected chi connectivity index (χ2v) is 2.00. The molecule has 2 aromatic rings. The lowest BCUT2D eigenvalue weighted by Crippen LogP contribution is -2.08. The van der Waals surface area contributed by atoms with Gasteiger partial charge >= 0.3 is 0 Å². The monoisotopic (exact) mass is 135 g/mol. The predicted molar refractivity (Wildman–Crippen MR) is 35.4 cm³/mol. The molecule has 0 saturated carbocycles. The Morgan fingerprint density at radius 3 is 3.00 bits per heavy atom. The summed E-state index contributed by atoms with van der Waals surface area (Å²) in [5.41, 5.74) is 1.14. The lowest BCUT2D eigenvalue weighted by molar-refractivity contribution is 0.481. The van der Waals surface area contributed by atoms with Crippen molar-refractivity contribution in [1.82, 2.24) is 14.6 Å². The highest BCUT2D eigenvalue weighted by molar-refractivity contribution is 5.56. The number of nitrogens with zero attached hydrogens (tertiary/aromatic N) is 3. The maximum atomic E-state index is 9.07. The predicted octanol–water partition coefficient (Wildman–Crippen LogP) is -0.436. The first kappa shape index (κ1) is 5.22. The third-order valence-electron chi connectivity index (χ3n) is 1.37. The normalized spacial score (nSPS) is 10.8. The fourth-order valence-corrected chi connectivity index (χ4v) is 0.866. The van der Waals surface area contributed by atoms with Crippen LogP contribution in [-0.4, -0.2) is 19.7 Å². The topological polar surface area (TPSA) is 50.4 Å². The summed E-state index contributed by atoms with van der Waals surface area (Å²) < 4.78 is 1.48. The van der Waals surface area contributed by atoms with E-state index in [0.29, 0.717) is 11.0 Å². The highest BCUT2D eigenvalue weighted by atomic mass is 16.3. The zero-order valence-electron chi connectivity index (χ0n) is 5.15. The van der Waals surface area contributed by atoms with Crippen molar-refractivity contribution >= 4 is 12.1 Å². The van der Waals surface area contributed by atoms with Gasteiger partial charge in [0.15, 0.2) is 5.75 Å². The summed E-state index contributed by atoms with van der Waals surface area (Å²) in [5, 5.41) is 12.9. The minimum absolute atomic E-state index is 0.141. The lowest BCUT2D eigenvalue weighted by Gasteiger charge is -1.77. The molecular formula is C6H5N3O. The molecule has 4 nitrogen and oxygen atoms in total. The van der Waals surface area contributed by atoms with Gasteiger partial charge in [-0.1, -0.05) is 6.58 Å². The number of aromatic nitrogens is 3. The van der Waals surface area contributed by atoms with Gasteiger partial charge in [0.1, 0.15) is 11.0 Å². The van der Waals surface area contributed by atoms with Crippen LogP contribution in [0.2, 0.25) is 0 Å². The maximum Gasteiger partial charge on any atom is 0.163 e. The highest BCUT2D eigenvalue weighted by Crippen LogP contribution is 2.12. The molecule has 2 heterocycles. The van der Waals surface area contributed by atoms with Gasteiger partial charge in [0.2, 0.25) is 0 Å². The largest absolute Gasteiger partial charge is 0.504 e. The molecule has 2 rings (SSSR count). The van der Waals surface area contributed by atoms with E-state index in [1.807, 2.05) is 0 Å². The summed E-state index contributed by atoms with van der Waals surface area (Å²) >= 11 is 0. The molecule has 0 bridgehead atoms. The van der Waals surface area contributed by atoms with Crippen molar-refractivity contribution in [3.8, 4) is 5.75 Å². The first-order valence-corrected chi connectivity index (χ1v) is 2.79. The van der Waals surface area contributed by atoms with Crippen LogP contribution in [0.5, 0.6) is 5.75 Å². The molecule has 50 valence electrons. The standard InChI is InChI=1S/C6H5N3O/c1-4-7-2-5-6(10)3-8-9(4)5/h2-3,10H,1H2. The van der Waals surface area contributed by atoms with E-state index >= 15 is 0 Å². The zero-order chi connectivity index (χ0) is 7.14. The number of imidazole rings is 1. The van der Waals surface area contributed by atoms with Gasteiger partial charge in [0.25, 0.3) is 0 Å². The minimum Gasteiger partial charge on any atom is -0.504 e. The van der Waals surface area contributed by atoms with Gasteiger partial charge in [-0.2, -0.15) is 5.10 Å². The molecular weight excluding hydrogens is 130 g/mol. The van der Waals surface area contributed by atoms with Gasteiger partial charge < -0.3 is 5.11 Å². The fraction of sp³-hybridized carbons (Fsp3) is 0. The summed E-state index contributed by atoms with van der Waals surface area (Å²) in [6.07, 6.45) is 2.90. The first-order chi connectivity index (χ1) is 4.79. The Balaban J connectivity index is 3.09. The molecule has 2 aromatic heterocycles. The first-order valence-electron chi connectivity index (χ1n) is 2.79. The average molecular weight is 135 g/mol. The minimum atomic E-state index is 0.141. The van der Waals surface area contributed by atoms with E-state index in [2.05, 4.69) is 16.7 Å². The van der Waals surface area contributed by atoms with Gasteiger partial charge in [0, 0.05) is 0 Å².